The number of aromatic nitrogens is 3. The van der Waals surface area contributed by atoms with Crippen LogP contribution in [-0.4, -0.2) is 26.9 Å². The number of hydrogen-bond donors (Lipinski definition) is 1. The van der Waals surface area contributed by atoms with Gasteiger partial charge in [-0.05, 0) is 40.1 Å². The monoisotopic (exact) mass is 401 g/mol. The number of hydrazone groups is 1. The lowest BCUT2D eigenvalue weighted by Crippen LogP contribution is -2.17. The van der Waals surface area contributed by atoms with Crippen LogP contribution in [0.15, 0.2) is 83.3 Å². The van der Waals surface area contributed by atoms with Crippen LogP contribution in [0.5, 0.6) is 0 Å². The predicted octanol–water partition coefficient (Wildman–Crippen LogP) is 4.02. The van der Waals surface area contributed by atoms with E-state index in [9.17, 15) is 4.79 Å². The SMILES string of the molecule is Cn1cnnc1SCc1ccc(C(=O)N/N=C/c2ccc3ccccc3c2)cc1. The third kappa shape index (κ3) is 4.70. The molecular weight excluding hydrogens is 382 g/mol. The molecule has 6 nitrogen and oxygen atoms in total. The summed E-state index contributed by atoms with van der Waals surface area (Å²) in [5.74, 6) is 0.517. The molecule has 0 aliphatic rings. The lowest BCUT2D eigenvalue weighted by atomic mass is 10.1. The fourth-order valence-corrected chi connectivity index (χ4v) is 3.67. The van der Waals surface area contributed by atoms with Crippen molar-refractivity contribution in [2.45, 2.75) is 10.9 Å². The highest BCUT2D eigenvalue weighted by atomic mass is 32.2. The number of benzene rings is 3. The molecule has 4 aromatic rings. The van der Waals surface area contributed by atoms with Gasteiger partial charge in [-0.15, -0.1) is 10.2 Å². The first-order chi connectivity index (χ1) is 14.2. The maximum absolute atomic E-state index is 12.3. The Balaban J connectivity index is 1.34. The number of fused-ring (bicyclic) bond motifs is 1. The normalized spacial score (nSPS) is 11.2. The van der Waals surface area contributed by atoms with Gasteiger partial charge in [0.15, 0.2) is 5.16 Å². The van der Waals surface area contributed by atoms with Gasteiger partial charge < -0.3 is 4.57 Å². The second kappa shape index (κ2) is 8.70. The fourth-order valence-electron chi connectivity index (χ4n) is 2.82. The summed E-state index contributed by atoms with van der Waals surface area (Å²) >= 11 is 1.60. The van der Waals surface area contributed by atoms with Gasteiger partial charge in [-0.2, -0.15) is 5.10 Å². The summed E-state index contributed by atoms with van der Waals surface area (Å²) in [5.41, 5.74) is 5.18. The zero-order valence-electron chi connectivity index (χ0n) is 15.8. The van der Waals surface area contributed by atoms with Gasteiger partial charge in [0.25, 0.3) is 5.91 Å². The molecule has 0 aliphatic heterocycles. The van der Waals surface area contributed by atoms with Crippen molar-refractivity contribution in [2.24, 2.45) is 12.1 Å². The Bertz CT molecular complexity index is 1170. The van der Waals surface area contributed by atoms with Gasteiger partial charge in [-0.3, -0.25) is 4.79 Å². The second-order valence-corrected chi connectivity index (χ2v) is 7.46. The van der Waals surface area contributed by atoms with Crippen molar-refractivity contribution in [1.29, 1.82) is 0 Å². The quantitative estimate of drug-likeness (QED) is 0.301. The zero-order valence-corrected chi connectivity index (χ0v) is 16.6. The molecule has 1 aromatic heterocycles. The molecule has 144 valence electrons. The Kier molecular flexibility index (Phi) is 5.67. The first-order valence-electron chi connectivity index (χ1n) is 9.07. The highest BCUT2D eigenvalue weighted by Crippen LogP contribution is 2.20. The molecule has 0 fully saturated rings. The van der Waals surface area contributed by atoms with E-state index in [4.69, 9.17) is 0 Å². The summed E-state index contributed by atoms with van der Waals surface area (Å²) in [6.45, 7) is 0. The minimum Gasteiger partial charge on any atom is -0.312 e. The zero-order chi connectivity index (χ0) is 20.1. The summed E-state index contributed by atoms with van der Waals surface area (Å²) in [6.07, 6.45) is 3.32. The maximum Gasteiger partial charge on any atom is 0.271 e. The number of nitrogens with zero attached hydrogens (tertiary/aromatic N) is 4. The predicted molar refractivity (Wildman–Crippen MR) is 116 cm³/mol. The molecule has 1 heterocycles. The number of carbonyl (C=O) groups excluding carboxylic acids is 1. The van der Waals surface area contributed by atoms with Crippen molar-refractivity contribution in [1.82, 2.24) is 20.2 Å². The molecule has 0 atom stereocenters. The summed E-state index contributed by atoms with van der Waals surface area (Å²) in [6, 6.07) is 21.6. The molecule has 0 aliphatic carbocycles. The van der Waals surface area contributed by atoms with Gasteiger partial charge in [-0.1, -0.05) is 60.3 Å². The number of carbonyl (C=O) groups is 1. The van der Waals surface area contributed by atoms with Crippen molar-refractivity contribution < 1.29 is 4.79 Å². The molecule has 3 aromatic carbocycles. The minimum absolute atomic E-state index is 0.241. The van der Waals surface area contributed by atoms with Gasteiger partial charge in [0, 0.05) is 18.4 Å². The van der Waals surface area contributed by atoms with Gasteiger partial charge in [0.1, 0.15) is 6.33 Å². The largest absolute Gasteiger partial charge is 0.312 e. The topological polar surface area (TPSA) is 72.2 Å². The van der Waals surface area contributed by atoms with Gasteiger partial charge in [-0.25, -0.2) is 5.43 Å². The average molecular weight is 401 g/mol. The molecule has 1 amide bonds. The molecule has 0 radical (unpaired) electrons. The number of rotatable bonds is 6. The Labute approximate surface area is 172 Å². The molecule has 4 rings (SSSR count). The van der Waals surface area contributed by atoms with Gasteiger partial charge >= 0.3 is 0 Å². The Morgan fingerprint density at radius 1 is 1.10 bits per heavy atom. The molecule has 0 unspecified atom stereocenters. The van der Waals surface area contributed by atoms with Crippen LogP contribution < -0.4 is 5.43 Å². The van der Waals surface area contributed by atoms with Crippen molar-refractivity contribution in [3.8, 4) is 0 Å². The van der Waals surface area contributed by atoms with Crippen LogP contribution in [-0.2, 0) is 12.8 Å². The minimum atomic E-state index is -0.241. The highest BCUT2D eigenvalue weighted by molar-refractivity contribution is 7.98. The van der Waals surface area contributed by atoms with E-state index in [-0.39, 0.29) is 5.91 Å². The van der Waals surface area contributed by atoms with Crippen molar-refractivity contribution in [2.75, 3.05) is 0 Å². The lowest BCUT2D eigenvalue weighted by molar-refractivity contribution is 0.0955. The standard InChI is InChI=1S/C22H19N5OS/c1-27-15-24-26-22(27)29-14-16-6-10-19(11-7-16)21(28)25-23-13-17-8-9-18-4-2-3-5-20(18)12-17/h2-13,15H,14H2,1H3,(H,25,28)/b23-13+. The summed E-state index contributed by atoms with van der Waals surface area (Å²) < 4.78 is 1.88. The molecule has 0 spiro atoms. The van der Waals surface area contributed by atoms with Crippen LogP contribution in [0.2, 0.25) is 0 Å². The summed E-state index contributed by atoms with van der Waals surface area (Å²) in [7, 11) is 1.91. The molecule has 0 saturated heterocycles. The average Bonchev–Trinajstić information content (AvgIpc) is 3.17. The lowest BCUT2D eigenvalue weighted by Gasteiger charge is -2.04. The van der Waals surface area contributed by atoms with Crippen molar-refractivity contribution >= 4 is 34.7 Å². The van der Waals surface area contributed by atoms with Gasteiger partial charge in [0.2, 0.25) is 0 Å². The van der Waals surface area contributed by atoms with Crippen LogP contribution in [0.4, 0.5) is 0 Å². The number of nitrogens with one attached hydrogen (secondary N) is 1. The van der Waals surface area contributed by atoms with Crippen LogP contribution >= 0.6 is 11.8 Å². The highest BCUT2D eigenvalue weighted by Gasteiger charge is 2.06. The number of amides is 1. The second-order valence-electron chi connectivity index (χ2n) is 6.52. The number of thioether (sulfide) groups is 1. The summed E-state index contributed by atoms with van der Waals surface area (Å²) in [5, 5.41) is 15.2. The van der Waals surface area contributed by atoms with Crippen LogP contribution in [0, 0.1) is 0 Å². The molecule has 7 heteroatoms. The molecule has 0 saturated carbocycles. The maximum atomic E-state index is 12.3. The van der Waals surface area contributed by atoms with Crippen LogP contribution in [0.3, 0.4) is 0 Å². The van der Waals surface area contributed by atoms with Crippen molar-refractivity contribution in [3.63, 3.8) is 0 Å². The Morgan fingerprint density at radius 2 is 1.90 bits per heavy atom. The van der Waals surface area contributed by atoms with Crippen molar-refractivity contribution in [3.05, 3.63) is 89.7 Å². The fraction of sp³-hybridized carbons (Fsp3) is 0.0909. The first kappa shape index (κ1) is 18.9. The third-order valence-corrected chi connectivity index (χ3v) is 5.51. The smallest absolute Gasteiger partial charge is 0.271 e. The van der Waals surface area contributed by atoms with E-state index in [2.05, 4.69) is 32.9 Å². The van der Waals surface area contributed by atoms with Crippen LogP contribution in [0.1, 0.15) is 21.5 Å². The van der Waals surface area contributed by atoms with Gasteiger partial charge in [0.05, 0.1) is 6.21 Å². The Morgan fingerprint density at radius 3 is 2.66 bits per heavy atom. The molecule has 1 N–H and O–H groups in total. The third-order valence-electron chi connectivity index (χ3n) is 4.41. The van der Waals surface area contributed by atoms with E-state index in [1.807, 2.05) is 54.1 Å². The first-order valence-corrected chi connectivity index (χ1v) is 10.1. The Hall–Kier alpha value is -3.45. The number of hydrogen-bond acceptors (Lipinski definition) is 5. The van der Waals surface area contributed by atoms with Crippen LogP contribution in [0.25, 0.3) is 10.8 Å². The number of aryl methyl sites for hydroxylation is 1. The van der Waals surface area contributed by atoms with E-state index >= 15 is 0 Å². The van der Waals surface area contributed by atoms with E-state index in [1.165, 1.54) is 5.39 Å². The van der Waals surface area contributed by atoms with E-state index < -0.39 is 0 Å². The van der Waals surface area contributed by atoms with E-state index in [1.54, 1.807) is 36.4 Å². The molecule has 0 bridgehead atoms. The molecular formula is C22H19N5OS. The summed E-state index contributed by atoms with van der Waals surface area (Å²) in [4.78, 5) is 12.3. The molecule has 29 heavy (non-hydrogen) atoms. The van der Waals surface area contributed by atoms with E-state index in [0.29, 0.717) is 5.56 Å². The van der Waals surface area contributed by atoms with E-state index in [0.717, 1.165) is 27.4 Å².